The van der Waals surface area contributed by atoms with Crippen LogP contribution in [0.3, 0.4) is 0 Å². The topological polar surface area (TPSA) is 66.8 Å². The van der Waals surface area contributed by atoms with Gasteiger partial charge in [0.25, 0.3) is 0 Å². The number of hydrogen-bond acceptors (Lipinski definition) is 6. The smallest absolute Gasteiger partial charge is 0.336 e. The van der Waals surface area contributed by atoms with E-state index < -0.39 is 10.4 Å². The quantitative estimate of drug-likeness (QED) is 0.271. The molecule has 3 aromatic carbocycles. The molecule has 0 unspecified atom stereocenters. The lowest BCUT2D eigenvalue weighted by Gasteiger charge is -2.35. The van der Waals surface area contributed by atoms with Crippen LogP contribution in [0.4, 0.5) is 11.4 Å². The third-order valence-electron chi connectivity index (χ3n) is 5.26. The monoisotopic (exact) mass is 499 g/mol. The lowest BCUT2D eigenvalue weighted by atomic mass is 9.91. The van der Waals surface area contributed by atoms with E-state index in [1.807, 2.05) is 6.07 Å². The van der Waals surface area contributed by atoms with Gasteiger partial charge in [0.15, 0.2) is 0 Å². The van der Waals surface area contributed by atoms with Crippen molar-refractivity contribution in [2.24, 2.45) is 0 Å². The Morgan fingerprint density at radius 2 is 1.48 bits per heavy atom. The SMILES string of the molecule is CSC(SCCCOS(=O)(=O)O)=C1c2ccccc2N(Cc2ccccc2)c2ccccc21. The molecule has 0 aromatic heterocycles. The highest BCUT2D eigenvalue weighted by Gasteiger charge is 2.28. The number of rotatable bonds is 9. The average molecular weight is 500 g/mol. The van der Waals surface area contributed by atoms with E-state index in [-0.39, 0.29) is 6.61 Å². The molecule has 5 nitrogen and oxygen atoms in total. The maximum Gasteiger partial charge on any atom is 0.397 e. The number of anilines is 2. The van der Waals surface area contributed by atoms with Crippen molar-refractivity contribution >= 4 is 50.9 Å². The molecule has 0 radical (unpaired) electrons. The Morgan fingerprint density at radius 3 is 2.06 bits per heavy atom. The first-order valence-corrected chi connectivity index (χ1v) is 14.1. The van der Waals surface area contributed by atoms with Gasteiger partial charge in [0.1, 0.15) is 0 Å². The van der Waals surface area contributed by atoms with Crippen LogP contribution in [-0.4, -0.2) is 31.6 Å². The fraction of sp³-hybridized carbons (Fsp3) is 0.200. The predicted octanol–water partition coefficient (Wildman–Crippen LogP) is 6.36. The van der Waals surface area contributed by atoms with Gasteiger partial charge in [-0.15, -0.1) is 23.5 Å². The minimum Gasteiger partial charge on any atom is -0.336 e. The van der Waals surface area contributed by atoms with Gasteiger partial charge in [0.05, 0.1) is 6.61 Å². The molecule has 1 N–H and O–H groups in total. The van der Waals surface area contributed by atoms with E-state index in [4.69, 9.17) is 4.55 Å². The molecule has 0 saturated heterocycles. The molecule has 4 rings (SSSR count). The van der Waals surface area contributed by atoms with Gasteiger partial charge in [-0.1, -0.05) is 66.7 Å². The van der Waals surface area contributed by atoms with Crippen molar-refractivity contribution in [1.82, 2.24) is 0 Å². The second-order valence-electron chi connectivity index (χ2n) is 7.42. The fourth-order valence-corrected chi connectivity index (χ4v) is 6.18. The minimum atomic E-state index is -4.39. The zero-order chi connectivity index (χ0) is 23.3. The van der Waals surface area contributed by atoms with Crippen LogP contribution in [-0.2, 0) is 21.1 Å². The van der Waals surface area contributed by atoms with Gasteiger partial charge in [-0.05, 0) is 30.4 Å². The Labute approximate surface area is 203 Å². The van der Waals surface area contributed by atoms with Crippen LogP contribution in [0.5, 0.6) is 0 Å². The molecular formula is C25H25NO4S3. The van der Waals surface area contributed by atoms with Crippen molar-refractivity contribution in [2.75, 3.05) is 23.5 Å². The molecule has 0 aliphatic carbocycles. The van der Waals surface area contributed by atoms with Gasteiger partial charge in [-0.25, -0.2) is 4.18 Å². The van der Waals surface area contributed by atoms with Crippen LogP contribution in [0.2, 0.25) is 0 Å². The standard InChI is InChI=1S/C25H25NO4S3/c1-31-25(32-17-9-16-30-33(27,28)29)24-20-12-5-7-14-22(20)26(18-19-10-3-2-4-11-19)23-15-8-6-13-21(23)24/h2-8,10-15H,9,16-18H2,1H3,(H,27,28,29). The summed E-state index contributed by atoms with van der Waals surface area (Å²) in [5, 5.41) is 0. The number of para-hydroxylation sites is 2. The number of nitrogens with zero attached hydrogens (tertiary/aromatic N) is 1. The molecule has 172 valence electrons. The van der Waals surface area contributed by atoms with E-state index >= 15 is 0 Å². The van der Waals surface area contributed by atoms with E-state index in [0.717, 1.165) is 17.9 Å². The van der Waals surface area contributed by atoms with E-state index in [1.165, 1.54) is 26.5 Å². The van der Waals surface area contributed by atoms with E-state index in [2.05, 4.69) is 88.1 Å². The van der Waals surface area contributed by atoms with Crippen molar-refractivity contribution in [3.05, 3.63) is 99.8 Å². The maximum absolute atomic E-state index is 10.8. The normalized spacial score (nSPS) is 12.9. The molecule has 0 atom stereocenters. The number of thioether (sulfide) groups is 2. The zero-order valence-corrected chi connectivity index (χ0v) is 20.6. The lowest BCUT2D eigenvalue weighted by Crippen LogP contribution is -2.22. The molecule has 0 spiro atoms. The van der Waals surface area contributed by atoms with Crippen LogP contribution in [0.1, 0.15) is 23.1 Å². The molecule has 1 heterocycles. The summed E-state index contributed by atoms with van der Waals surface area (Å²) in [4.78, 5) is 2.37. The maximum atomic E-state index is 10.8. The predicted molar refractivity (Wildman–Crippen MR) is 139 cm³/mol. The number of hydrogen-bond donors (Lipinski definition) is 1. The summed E-state index contributed by atoms with van der Waals surface area (Å²) >= 11 is 3.37. The summed E-state index contributed by atoms with van der Waals surface area (Å²) in [6.07, 6.45) is 2.57. The molecule has 0 saturated carbocycles. The summed E-state index contributed by atoms with van der Waals surface area (Å²) in [6.45, 7) is 0.734. The summed E-state index contributed by atoms with van der Waals surface area (Å²) in [7, 11) is -4.39. The minimum absolute atomic E-state index is 0.0408. The molecule has 0 amide bonds. The number of fused-ring (bicyclic) bond motifs is 2. The first-order valence-electron chi connectivity index (χ1n) is 10.5. The second kappa shape index (κ2) is 10.8. The Kier molecular flexibility index (Phi) is 7.82. The van der Waals surface area contributed by atoms with Crippen LogP contribution in [0, 0.1) is 0 Å². The molecule has 3 aromatic rings. The highest BCUT2D eigenvalue weighted by Crippen LogP contribution is 2.50. The molecule has 0 bridgehead atoms. The largest absolute Gasteiger partial charge is 0.397 e. The molecule has 1 aliphatic rings. The van der Waals surface area contributed by atoms with E-state index in [9.17, 15) is 8.42 Å². The second-order valence-corrected chi connectivity index (χ2v) is 10.7. The Bertz CT molecular complexity index is 1190. The van der Waals surface area contributed by atoms with Crippen molar-refractivity contribution in [2.45, 2.75) is 13.0 Å². The van der Waals surface area contributed by atoms with Crippen LogP contribution in [0.25, 0.3) is 5.57 Å². The first kappa shape index (κ1) is 23.9. The van der Waals surface area contributed by atoms with Gasteiger partial charge in [-0.3, -0.25) is 4.55 Å². The van der Waals surface area contributed by atoms with Crippen molar-refractivity contribution in [1.29, 1.82) is 0 Å². The van der Waals surface area contributed by atoms with Gasteiger partial charge in [0.2, 0.25) is 0 Å². The average Bonchev–Trinajstić information content (AvgIpc) is 2.82. The van der Waals surface area contributed by atoms with Crippen LogP contribution >= 0.6 is 23.5 Å². The molecule has 8 heteroatoms. The molecule has 1 aliphatic heterocycles. The summed E-state index contributed by atoms with van der Waals surface area (Å²) in [5.74, 6) is 0.674. The summed E-state index contributed by atoms with van der Waals surface area (Å²) in [5.41, 5.74) is 7.12. The van der Waals surface area contributed by atoms with Gasteiger partial charge >= 0.3 is 10.4 Å². The molecule has 33 heavy (non-hydrogen) atoms. The summed E-state index contributed by atoms with van der Waals surface area (Å²) < 4.78 is 35.9. The number of benzene rings is 3. The lowest BCUT2D eigenvalue weighted by molar-refractivity contribution is 0.270. The van der Waals surface area contributed by atoms with Crippen LogP contribution in [0.15, 0.2) is 83.1 Å². The molecule has 0 fully saturated rings. The van der Waals surface area contributed by atoms with Crippen molar-refractivity contribution in [3.63, 3.8) is 0 Å². The van der Waals surface area contributed by atoms with E-state index in [0.29, 0.717) is 12.2 Å². The fourth-order valence-electron chi connectivity index (χ4n) is 3.89. The highest BCUT2D eigenvalue weighted by atomic mass is 32.3. The van der Waals surface area contributed by atoms with Gasteiger partial charge in [0, 0.05) is 44.6 Å². The Hall–Kier alpha value is -2.23. The Balaban J connectivity index is 1.70. The highest BCUT2D eigenvalue weighted by molar-refractivity contribution is 8.22. The van der Waals surface area contributed by atoms with Gasteiger partial charge in [-0.2, -0.15) is 8.42 Å². The van der Waals surface area contributed by atoms with Crippen molar-refractivity contribution in [3.8, 4) is 0 Å². The van der Waals surface area contributed by atoms with Crippen molar-refractivity contribution < 1.29 is 17.2 Å². The summed E-state index contributed by atoms with van der Waals surface area (Å²) in [6, 6.07) is 27.4. The van der Waals surface area contributed by atoms with Crippen LogP contribution < -0.4 is 4.90 Å². The molecular weight excluding hydrogens is 474 g/mol. The Morgan fingerprint density at radius 1 is 0.909 bits per heavy atom. The first-order chi connectivity index (χ1) is 16.0. The van der Waals surface area contributed by atoms with Gasteiger partial charge < -0.3 is 4.90 Å². The van der Waals surface area contributed by atoms with E-state index in [1.54, 1.807) is 23.5 Å². The zero-order valence-electron chi connectivity index (χ0n) is 18.2. The third kappa shape index (κ3) is 5.83. The third-order valence-corrected chi connectivity index (χ3v) is 8.11.